The molecular formula is C16H29NO2. The van der Waals surface area contributed by atoms with Crippen molar-refractivity contribution in [3.63, 3.8) is 0 Å². The molecule has 3 rings (SSSR count). The van der Waals surface area contributed by atoms with Gasteiger partial charge in [-0.2, -0.15) is 0 Å². The summed E-state index contributed by atoms with van der Waals surface area (Å²) >= 11 is 0. The molecule has 3 aliphatic rings. The van der Waals surface area contributed by atoms with Crippen molar-refractivity contribution in [1.29, 1.82) is 0 Å². The Balaban J connectivity index is 1.55. The van der Waals surface area contributed by atoms with E-state index in [-0.39, 0.29) is 5.60 Å². The van der Waals surface area contributed by atoms with E-state index in [0.717, 1.165) is 37.6 Å². The molecule has 0 amide bonds. The van der Waals surface area contributed by atoms with Gasteiger partial charge in [-0.15, -0.1) is 0 Å². The smallest absolute Gasteiger partial charge is 0.105 e. The highest BCUT2D eigenvalue weighted by molar-refractivity contribution is 4.94. The zero-order valence-electron chi connectivity index (χ0n) is 12.5. The Morgan fingerprint density at radius 1 is 1.16 bits per heavy atom. The highest BCUT2D eigenvalue weighted by Crippen LogP contribution is 2.39. The van der Waals surface area contributed by atoms with E-state index in [1.165, 1.54) is 38.5 Å². The van der Waals surface area contributed by atoms with Crippen LogP contribution in [0.5, 0.6) is 0 Å². The Morgan fingerprint density at radius 2 is 1.84 bits per heavy atom. The number of ether oxygens (including phenoxy) is 2. The van der Waals surface area contributed by atoms with E-state index in [2.05, 4.69) is 19.2 Å². The van der Waals surface area contributed by atoms with E-state index < -0.39 is 0 Å². The molecule has 3 nitrogen and oxygen atoms in total. The van der Waals surface area contributed by atoms with Gasteiger partial charge in [0, 0.05) is 12.6 Å². The summed E-state index contributed by atoms with van der Waals surface area (Å²) < 4.78 is 11.7. The molecule has 1 heterocycles. The maximum Gasteiger partial charge on any atom is 0.105 e. The van der Waals surface area contributed by atoms with Crippen LogP contribution in [0.15, 0.2) is 0 Å². The van der Waals surface area contributed by atoms with Crippen molar-refractivity contribution in [3.8, 4) is 0 Å². The molecule has 2 aliphatic carbocycles. The van der Waals surface area contributed by atoms with Crippen LogP contribution in [0.3, 0.4) is 0 Å². The average Bonchev–Trinajstić information content (AvgIpc) is 3.16. The molecular weight excluding hydrogens is 238 g/mol. The lowest BCUT2D eigenvalue weighted by Gasteiger charge is -2.45. The zero-order valence-corrected chi connectivity index (χ0v) is 12.5. The van der Waals surface area contributed by atoms with Crippen molar-refractivity contribution in [3.05, 3.63) is 0 Å². The molecule has 1 aliphatic heterocycles. The van der Waals surface area contributed by atoms with Gasteiger partial charge in [-0.1, -0.05) is 13.8 Å². The van der Waals surface area contributed by atoms with Crippen LogP contribution in [-0.4, -0.2) is 37.5 Å². The molecule has 0 spiro atoms. The molecule has 0 bridgehead atoms. The van der Waals surface area contributed by atoms with E-state index in [9.17, 15) is 0 Å². The van der Waals surface area contributed by atoms with Crippen molar-refractivity contribution < 1.29 is 9.47 Å². The Labute approximate surface area is 117 Å². The van der Waals surface area contributed by atoms with Gasteiger partial charge in [0.1, 0.15) is 6.10 Å². The van der Waals surface area contributed by atoms with Crippen molar-refractivity contribution >= 4 is 0 Å². The predicted octanol–water partition coefficient (Wildman–Crippen LogP) is 2.74. The Bertz CT molecular complexity index is 289. The summed E-state index contributed by atoms with van der Waals surface area (Å²) in [6, 6.07) is 0.779. The summed E-state index contributed by atoms with van der Waals surface area (Å²) in [5.41, 5.74) is 0.0996. The number of hydrogen-bond donors (Lipinski definition) is 1. The Kier molecular flexibility index (Phi) is 4.16. The molecule has 3 fully saturated rings. The fourth-order valence-electron chi connectivity index (χ4n) is 3.42. The van der Waals surface area contributed by atoms with Crippen molar-refractivity contribution in [2.45, 2.75) is 70.1 Å². The van der Waals surface area contributed by atoms with E-state index in [0.29, 0.717) is 6.10 Å². The molecule has 2 saturated carbocycles. The summed E-state index contributed by atoms with van der Waals surface area (Å²) in [5, 5.41) is 3.70. The quantitative estimate of drug-likeness (QED) is 0.802. The van der Waals surface area contributed by atoms with Gasteiger partial charge >= 0.3 is 0 Å². The minimum atomic E-state index is 0.0996. The third kappa shape index (κ3) is 3.50. The van der Waals surface area contributed by atoms with Gasteiger partial charge in [0.25, 0.3) is 0 Å². The van der Waals surface area contributed by atoms with E-state index in [1.54, 1.807) is 0 Å². The first kappa shape index (κ1) is 13.8. The Hall–Kier alpha value is -0.120. The molecule has 0 atom stereocenters. The first-order valence-electron chi connectivity index (χ1n) is 8.16. The normalized spacial score (nSPS) is 36.5. The van der Waals surface area contributed by atoms with E-state index >= 15 is 0 Å². The molecule has 1 saturated heterocycles. The van der Waals surface area contributed by atoms with Crippen LogP contribution >= 0.6 is 0 Å². The SMILES string of the molecule is CC(C)C1CCC(CNC2CC2)(OC2COC2)CC1. The van der Waals surface area contributed by atoms with Gasteiger partial charge in [0.2, 0.25) is 0 Å². The molecule has 0 aromatic rings. The summed E-state index contributed by atoms with van der Waals surface area (Å²) in [6.07, 6.45) is 8.19. The maximum atomic E-state index is 6.43. The van der Waals surface area contributed by atoms with E-state index in [4.69, 9.17) is 9.47 Å². The second kappa shape index (κ2) is 5.71. The molecule has 0 radical (unpaired) electrons. The van der Waals surface area contributed by atoms with Crippen molar-refractivity contribution in [1.82, 2.24) is 5.32 Å². The van der Waals surface area contributed by atoms with Gasteiger partial charge in [-0.3, -0.25) is 0 Å². The second-order valence-corrected chi connectivity index (χ2v) is 7.20. The molecule has 110 valence electrons. The fourth-order valence-corrected chi connectivity index (χ4v) is 3.42. The van der Waals surface area contributed by atoms with Crippen molar-refractivity contribution in [2.75, 3.05) is 19.8 Å². The molecule has 1 N–H and O–H groups in total. The monoisotopic (exact) mass is 267 g/mol. The molecule has 3 heteroatoms. The minimum absolute atomic E-state index is 0.0996. The van der Waals surface area contributed by atoms with Crippen LogP contribution in [0.2, 0.25) is 0 Å². The number of hydrogen-bond acceptors (Lipinski definition) is 3. The van der Waals surface area contributed by atoms with Crippen LogP contribution < -0.4 is 5.32 Å². The van der Waals surface area contributed by atoms with Gasteiger partial charge in [-0.25, -0.2) is 0 Å². The number of nitrogens with one attached hydrogen (secondary N) is 1. The largest absolute Gasteiger partial charge is 0.376 e. The van der Waals surface area contributed by atoms with Gasteiger partial charge in [-0.05, 0) is 50.4 Å². The molecule has 19 heavy (non-hydrogen) atoms. The van der Waals surface area contributed by atoms with Crippen molar-refractivity contribution in [2.24, 2.45) is 11.8 Å². The minimum Gasteiger partial charge on any atom is -0.376 e. The topological polar surface area (TPSA) is 30.5 Å². The fraction of sp³-hybridized carbons (Fsp3) is 1.00. The maximum absolute atomic E-state index is 6.43. The first-order valence-corrected chi connectivity index (χ1v) is 8.16. The van der Waals surface area contributed by atoms with Gasteiger partial charge in [0.05, 0.1) is 18.8 Å². The molecule has 0 unspecified atom stereocenters. The van der Waals surface area contributed by atoms with Crippen LogP contribution in [0, 0.1) is 11.8 Å². The Morgan fingerprint density at radius 3 is 2.32 bits per heavy atom. The van der Waals surface area contributed by atoms with Crippen LogP contribution in [-0.2, 0) is 9.47 Å². The summed E-state index contributed by atoms with van der Waals surface area (Å²) in [5.74, 6) is 1.72. The lowest BCUT2D eigenvalue weighted by molar-refractivity contribution is -0.203. The average molecular weight is 267 g/mol. The van der Waals surface area contributed by atoms with Crippen LogP contribution in [0.1, 0.15) is 52.4 Å². The van der Waals surface area contributed by atoms with E-state index in [1.807, 2.05) is 0 Å². The zero-order chi connectivity index (χ0) is 13.3. The summed E-state index contributed by atoms with van der Waals surface area (Å²) in [4.78, 5) is 0. The summed E-state index contributed by atoms with van der Waals surface area (Å²) in [6.45, 7) is 7.39. The number of rotatable bonds is 6. The van der Waals surface area contributed by atoms with Crippen LogP contribution in [0.4, 0.5) is 0 Å². The second-order valence-electron chi connectivity index (χ2n) is 7.20. The highest BCUT2D eigenvalue weighted by Gasteiger charge is 2.41. The van der Waals surface area contributed by atoms with Crippen LogP contribution in [0.25, 0.3) is 0 Å². The first-order chi connectivity index (χ1) is 9.17. The lowest BCUT2D eigenvalue weighted by Crippen LogP contribution is -2.52. The predicted molar refractivity (Wildman–Crippen MR) is 76.2 cm³/mol. The lowest BCUT2D eigenvalue weighted by atomic mass is 9.74. The third-order valence-corrected chi connectivity index (χ3v) is 5.20. The standard InChI is InChI=1S/C16H29NO2/c1-12(2)13-5-7-16(8-6-13,11-17-14-3-4-14)19-15-9-18-10-15/h12-15,17H,3-11H2,1-2H3. The third-order valence-electron chi connectivity index (χ3n) is 5.20. The summed E-state index contributed by atoms with van der Waals surface area (Å²) in [7, 11) is 0. The van der Waals surface area contributed by atoms with Gasteiger partial charge in [0.15, 0.2) is 0 Å². The molecule has 0 aromatic heterocycles. The molecule has 0 aromatic carbocycles. The highest BCUT2D eigenvalue weighted by atomic mass is 16.6. The van der Waals surface area contributed by atoms with Gasteiger partial charge < -0.3 is 14.8 Å².